The van der Waals surface area contributed by atoms with Crippen molar-refractivity contribution in [2.24, 2.45) is 11.8 Å². The van der Waals surface area contributed by atoms with Gasteiger partial charge in [-0.2, -0.15) is 0 Å². The predicted molar refractivity (Wildman–Crippen MR) is 67.7 cm³/mol. The van der Waals surface area contributed by atoms with Crippen LogP contribution in [0.3, 0.4) is 0 Å². The Morgan fingerprint density at radius 2 is 1.75 bits per heavy atom. The van der Waals surface area contributed by atoms with Crippen LogP contribution >= 0.6 is 11.6 Å². The van der Waals surface area contributed by atoms with Crippen LogP contribution in [0.2, 0.25) is 0 Å². The fourth-order valence-corrected chi connectivity index (χ4v) is 2.12. The topological polar surface area (TPSA) is 23.6 Å². The van der Waals surface area contributed by atoms with E-state index in [4.69, 9.17) is 11.6 Å². The minimum absolute atomic E-state index is 0.138. The fraction of sp³-hybridized carbons (Fsp3) is 0.917. The third kappa shape index (κ3) is 3.63. The summed E-state index contributed by atoms with van der Waals surface area (Å²) < 4.78 is 0. The van der Waals surface area contributed by atoms with E-state index in [1.807, 2.05) is 11.8 Å². The maximum Gasteiger partial charge on any atom is 0.225 e. The molecule has 94 valence electrons. The molecule has 1 fully saturated rings. The van der Waals surface area contributed by atoms with Crippen molar-refractivity contribution in [3.8, 4) is 0 Å². The molecule has 16 heavy (non-hydrogen) atoms. The highest BCUT2D eigenvalue weighted by molar-refractivity contribution is 6.18. The number of nitrogens with zero attached hydrogens (tertiary/aromatic N) is 2. The highest BCUT2D eigenvalue weighted by atomic mass is 35.5. The van der Waals surface area contributed by atoms with Gasteiger partial charge in [0.05, 0.1) is 0 Å². The Morgan fingerprint density at radius 3 is 2.19 bits per heavy atom. The van der Waals surface area contributed by atoms with E-state index in [1.165, 1.54) is 0 Å². The van der Waals surface area contributed by atoms with E-state index < -0.39 is 0 Å². The Hall–Kier alpha value is -0.280. The molecule has 0 aromatic heterocycles. The molecule has 0 bridgehead atoms. The van der Waals surface area contributed by atoms with Crippen molar-refractivity contribution >= 4 is 17.5 Å². The number of carbonyl (C=O) groups excluding carboxylic acids is 1. The van der Waals surface area contributed by atoms with E-state index in [-0.39, 0.29) is 5.92 Å². The number of alkyl halides is 1. The normalized spacial score (nSPS) is 20.2. The summed E-state index contributed by atoms with van der Waals surface area (Å²) in [5, 5.41) is 0. The summed E-state index contributed by atoms with van der Waals surface area (Å²) in [7, 11) is 0. The van der Waals surface area contributed by atoms with Crippen molar-refractivity contribution in [3.63, 3.8) is 0 Å². The van der Waals surface area contributed by atoms with E-state index in [9.17, 15) is 4.79 Å². The van der Waals surface area contributed by atoms with Gasteiger partial charge in [0.15, 0.2) is 0 Å². The summed E-state index contributed by atoms with van der Waals surface area (Å²) in [5.74, 6) is 1.55. The minimum Gasteiger partial charge on any atom is -0.340 e. The smallest absolute Gasteiger partial charge is 0.225 e. The molecule has 1 rings (SSSR count). The van der Waals surface area contributed by atoms with E-state index >= 15 is 0 Å². The molecule has 1 atom stereocenters. The maximum absolute atomic E-state index is 12.1. The van der Waals surface area contributed by atoms with Gasteiger partial charge in [0.1, 0.15) is 0 Å². The predicted octanol–water partition coefficient (Wildman–Crippen LogP) is 1.66. The Labute approximate surface area is 104 Å². The number of piperazine rings is 1. The van der Waals surface area contributed by atoms with Gasteiger partial charge in [-0.05, 0) is 5.92 Å². The molecule has 0 aromatic carbocycles. The third-order valence-corrected chi connectivity index (χ3v) is 3.64. The highest BCUT2D eigenvalue weighted by Crippen LogP contribution is 2.14. The molecule has 0 spiro atoms. The molecule has 0 N–H and O–H groups in total. The van der Waals surface area contributed by atoms with Crippen LogP contribution in [-0.4, -0.2) is 54.3 Å². The second-order valence-electron chi connectivity index (χ2n) is 4.89. The Kier molecular flexibility index (Phi) is 5.56. The lowest BCUT2D eigenvalue weighted by Gasteiger charge is -2.36. The van der Waals surface area contributed by atoms with Crippen molar-refractivity contribution in [2.75, 3.05) is 38.6 Å². The number of rotatable bonds is 4. The first-order chi connectivity index (χ1) is 7.56. The lowest BCUT2D eigenvalue weighted by molar-refractivity contribution is -0.138. The van der Waals surface area contributed by atoms with Gasteiger partial charge >= 0.3 is 0 Å². The first-order valence-electron chi connectivity index (χ1n) is 6.13. The number of amides is 1. The zero-order chi connectivity index (χ0) is 12.1. The molecule has 0 aliphatic carbocycles. The van der Waals surface area contributed by atoms with Crippen molar-refractivity contribution in [2.45, 2.75) is 20.8 Å². The summed E-state index contributed by atoms with van der Waals surface area (Å²) >= 11 is 5.70. The van der Waals surface area contributed by atoms with Gasteiger partial charge in [-0.15, -0.1) is 11.6 Å². The number of carbonyl (C=O) groups is 1. The lowest BCUT2D eigenvalue weighted by atomic mass is 9.96. The van der Waals surface area contributed by atoms with Gasteiger partial charge in [0.25, 0.3) is 0 Å². The summed E-state index contributed by atoms with van der Waals surface area (Å²) in [4.78, 5) is 16.4. The van der Waals surface area contributed by atoms with E-state index in [0.29, 0.717) is 17.7 Å². The molecule has 1 heterocycles. The average molecular weight is 247 g/mol. The fourth-order valence-electron chi connectivity index (χ4n) is 1.88. The minimum atomic E-state index is 0.138. The molecule has 1 saturated heterocycles. The van der Waals surface area contributed by atoms with Crippen LogP contribution in [0.5, 0.6) is 0 Å². The number of hydrogen-bond acceptors (Lipinski definition) is 2. The number of halogens is 1. The Balaban J connectivity index is 2.38. The van der Waals surface area contributed by atoms with Crippen LogP contribution < -0.4 is 0 Å². The van der Waals surface area contributed by atoms with Crippen LogP contribution in [0.1, 0.15) is 20.8 Å². The summed E-state index contributed by atoms with van der Waals surface area (Å²) in [6.07, 6.45) is 0. The van der Waals surface area contributed by atoms with E-state index in [1.54, 1.807) is 0 Å². The second kappa shape index (κ2) is 6.45. The first-order valence-corrected chi connectivity index (χ1v) is 6.66. The largest absolute Gasteiger partial charge is 0.340 e. The average Bonchev–Trinajstić information content (AvgIpc) is 2.28. The molecule has 4 heteroatoms. The van der Waals surface area contributed by atoms with Gasteiger partial charge in [-0.1, -0.05) is 20.8 Å². The number of hydrogen-bond donors (Lipinski definition) is 0. The molecular weight excluding hydrogens is 224 g/mol. The summed E-state index contributed by atoms with van der Waals surface area (Å²) in [6.45, 7) is 10.8. The van der Waals surface area contributed by atoms with Gasteiger partial charge < -0.3 is 4.90 Å². The summed E-state index contributed by atoms with van der Waals surface area (Å²) in [5.41, 5.74) is 0. The van der Waals surface area contributed by atoms with Crippen LogP contribution in [0.15, 0.2) is 0 Å². The molecular formula is C12H23ClN2O. The van der Waals surface area contributed by atoms with Crippen molar-refractivity contribution in [1.29, 1.82) is 0 Å². The molecule has 3 nitrogen and oxygen atoms in total. The van der Waals surface area contributed by atoms with E-state index in [0.717, 1.165) is 32.7 Å². The van der Waals surface area contributed by atoms with Crippen LogP contribution in [-0.2, 0) is 4.79 Å². The molecule has 1 aliphatic heterocycles. The van der Waals surface area contributed by atoms with Crippen LogP contribution in [0.25, 0.3) is 0 Å². The van der Waals surface area contributed by atoms with Gasteiger partial charge in [0, 0.05) is 44.5 Å². The van der Waals surface area contributed by atoms with Crippen LogP contribution in [0.4, 0.5) is 0 Å². The van der Waals surface area contributed by atoms with Gasteiger partial charge in [-0.25, -0.2) is 0 Å². The molecule has 1 aliphatic rings. The van der Waals surface area contributed by atoms with Crippen molar-refractivity contribution in [3.05, 3.63) is 0 Å². The molecule has 1 unspecified atom stereocenters. The summed E-state index contributed by atoms with van der Waals surface area (Å²) in [6, 6.07) is 0. The highest BCUT2D eigenvalue weighted by Gasteiger charge is 2.25. The zero-order valence-electron chi connectivity index (χ0n) is 10.6. The standard InChI is InChI=1S/C12H23ClN2O/c1-10(2)11(3)12(16)15-8-6-14(5-4-13)7-9-15/h10-11H,4-9H2,1-3H3. The van der Waals surface area contributed by atoms with Crippen molar-refractivity contribution < 1.29 is 4.79 Å². The van der Waals surface area contributed by atoms with Crippen LogP contribution in [0, 0.1) is 11.8 Å². The molecule has 0 aromatic rings. The molecule has 0 saturated carbocycles. The molecule has 0 radical (unpaired) electrons. The zero-order valence-corrected chi connectivity index (χ0v) is 11.3. The Morgan fingerprint density at radius 1 is 1.19 bits per heavy atom. The monoisotopic (exact) mass is 246 g/mol. The second-order valence-corrected chi connectivity index (χ2v) is 5.27. The van der Waals surface area contributed by atoms with Gasteiger partial charge in [-0.3, -0.25) is 9.69 Å². The Bertz CT molecular complexity index is 225. The first kappa shape index (κ1) is 13.8. The third-order valence-electron chi connectivity index (χ3n) is 3.47. The van der Waals surface area contributed by atoms with E-state index in [2.05, 4.69) is 18.7 Å². The van der Waals surface area contributed by atoms with Gasteiger partial charge in [0.2, 0.25) is 5.91 Å². The maximum atomic E-state index is 12.1. The lowest BCUT2D eigenvalue weighted by Crippen LogP contribution is -2.50. The van der Waals surface area contributed by atoms with Crippen molar-refractivity contribution in [1.82, 2.24) is 9.80 Å². The quantitative estimate of drug-likeness (QED) is 0.705. The SMILES string of the molecule is CC(C)C(C)C(=O)N1CCN(CCCl)CC1. The molecule has 1 amide bonds.